The second kappa shape index (κ2) is 11.9. The van der Waals surface area contributed by atoms with Crippen molar-refractivity contribution >= 4 is 29.1 Å². The quantitative estimate of drug-likeness (QED) is 0.367. The standard InChI is InChI=1S/C21H26FN5O4.FH.2H2/c22-14-9-19(23)27(12-14)20(29)11-26-21(30)16-5-7-25-18-4-3-15(10-17(16)18)31-8-2-1-6-24-13-28;;;/h3-5,7,10,13-14,19H,1-2,6,8-9,11-12,23H2,(H,24,28)(H,26,30);3*1H. The Balaban J connectivity index is 0.00000363. The fourth-order valence-electron chi connectivity index (χ4n) is 3.44. The molecule has 2 unspecified atom stereocenters. The number of ether oxygens (including phenoxy) is 1. The largest absolute Gasteiger partial charge is 0.494 e. The molecule has 1 aromatic heterocycles. The van der Waals surface area contributed by atoms with Gasteiger partial charge in [0.15, 0.2) is 0 Å². The maximum atomic E-state index is 13.4. The summed E-state index contributed by atoms with van der Waals surface area (Å²) in [6.45, 7) is 0.730. The first-order valence-corrected chi connectivity index (χ1v) is 10.2. The minimum Gasteiger partial charge on any atom is -0.494 e. The first-order valence-electron chi connectivity index (χ1n) is 10.2. The molecule has 2 aromatic rings. The van der Waals surface area contributed by atoms with Crippen LogP contribution in [0.3, 0.4) is 0 Å². The van der Waals surface area contributed by atoms with Crippen LogP contribution >= 0.6 is 0 Å². The molecule has 1 aliphatic heterocycles. The molecule has 32 heavy (non-hydrogen) atoms. The van der Waals surface area contributed by atoms with Crippen molar-refractivity contribution in [1.29, 1.82) is 0 Å². The van der Waals surface area contributed by atoms with Crippen LogP contribution in [0.1, 0.15) is 32.5 Å². The number of rotatable bonds is 10. The lowest BCUT2D eigenvalue weighted by Crippen LogP contribution is -2.46. The van der Waals surface area contributed by atoms with Gasteiger partial charge in [-0.3, -0.25) is 24.1 Å². The van der Waals surface area contributed by atoms with Gasteiger partial charge in [0, 0.05) is 27.4 Å². The third-order valence-electron chi connectivity index (χ3n) is 5.04. The molecule has 0 saturated carbocycles. The zero-order valence-electron chi connectivity index (χ0n) is 17.5. The van der Waals surface area contributed by atoms with E-state index in [-0.39, 0.29) is 27.1 Å². The number of fused-ring (bicyclic) bond motifs is 1. The van der Waals surface area contributed by atoms with Crippen LogP contribution in [-0.2, 0) is 9.59 Å². The molecule has 3 rings (SSSR count). The van der Waals surface area contributed by atoms with Crippen LogP contribution in [0.2, 0.25) is 0 Å². The summed E-state index contributed by atoms with van der Waals surface area (Å²) in [5.74, 6) is -0.277. The lowest BCUT2D eigenvalue weighted by atomic mass is 10.1. The Morgan fingerprint density at radius 2 is 2.16 bits per heavy atom. The molecule has 0 radical (unpaired) electrons. The zero-order chi connectivity index (χ0) is 22.2. The summed E-state index contributed by atoms with van der Waals surface area (Å²) < 4.78 is 19.2. The third kappa shape index (κ3) is 6.33. The van der Waals surface area contributed by atoms with Gasteiger partial charge < -0.3 is 26.0 Å². The SMILES string of the molecule is F.NC1CC(F)CN1C(=O)CNC(=O)c1ccnc2ccc(OCCCCNC=O)cc12.[HH].[HH]. The van der Waals surface area contributed by atoms with E-state index in [0.29, 0.717) is 41.8 Å². The van der Waals surface area contributed by atoms with E-state index in [1.54, 1.807) is 24.3 Å². The number of carbonyl (C=O) groups excluding carboxylic acids is 3. The van der Waals surface area contributed by atoms with Gasteiger partial charge in [-0.05, 0) is 37.1 Å². The maximum absolute atomic E-state index is 13.4. The topological polar surface area (TPSA) is 127 Å². The van der Waals surface area contributed by atoms with E-state index in [2.05, 4.69) is 15.6 Å². The van der Waals surface area contributed by atoms with Crippen molar-refractivity contribution in [2.24, 2.45) is 5.73 Å². The lowest BCUT2D eigenvalue weighted by Gasteiger charge is -2.21. The summed E-state index contributed by atoms with van der Waals surface area (Å²) in [5.41, 5.74) is 6.73. The van der Waals surface area contributed by atoms with E-state index in [1.807, 2.05) is 0 Å². The summed E-state index contributed by atoms with van der Waals surface area (Å²) in [5, 5.41) is 5.77. The van der Waals surface area contributed by atoms with Gasteiger partial charge in [-0.25, -0.2) is 4.39 Å². The zero-order valence-corrected chi connectivity index (χ0v) is 17.5. The number of unbranched alkanes of at least 4 members (excludes halogenated alkanes) is 1. The maximum Gasteiger partial charge on any atom is 0.252 e. The molecule has 3 amide bonds. The van der Waals surface area contributed by atoms with Crippen molar-refractivity contribution in [2.75, 3.05) is 26.2 Å². The molecule has 4 N–H and O–H groups in total. The number of likely N-dealkylation sites (tertiary alicyclic amines) is 1. The molecule has 178 valence electrons. The second-order valence-electron chi connectivity index (χ2n) is 7.29. The number of halogens is 2. The van der Waals surface area contributed by atoms with Crippen molar-refractivity contribution < 1.29 is 31.1 Å². The molecule has 0 spiro atoms. The van der Waals surface area contributed by atoms with Crippen LogP contribution in [-0.4, -0.2) is 66.7 Å². The second-order valence-corrected chi connectivity index (χ2v) is 7.29. The monoisotopic (exact) mass is 455 g/mol. The van der Waals surface area contributed by atoms with E-state index >= 15 is 0 Å². The van der Waals surface area contributed by atoms with Gasteiger partial charge in [0.2, 0.25) is 12.3 Å². The van der Waals surface area contributed by atoms with Gasteiger partial charge in [0.05, 0.1) is 36.9 Å². The van der Waals surface area contributed by atoms with Gasteiger partial charge in [-0.2, -0.15) is 0 Å². The highest BCUT2D eigenvalue weighted by molar-refractivity contribution is 6.07. The predicted molar refractivity (Wildman–Crippen MR) is 119 cm³/mol. The highest BCUT2D eigenvalue weighted by Crippen LogP contribution is 2.23. The summed E-state index contributed by atoms with van der Waals surface area (Å²) in [6, 6.07) is 6.82. The molecule has 2 atom stereocenters. The van der Waals surface area contributed by atoms with Crippen LogP contribution in [0.5, 0.6) is 5.75 Å². The van der Waals surface area contributed by atoms with Crippen LogP contribution in [0.4, 0.5) is 9.09 Å². The first-order chi connectivity index (χ1) is 15.0. The van der Waals surface area contributed by atoms with Crippen molar-refractivity contribution in [3.8, 4) is 5.75 Å². The smallest absolute Gasteiger partial charge is 0.252 e. The van der Waals surface area contributed by atoms with E-state index in [1.165, 1.54) is 11.1 Å². The normalized spacial score (nSPS) is 17.5. The molecule has 2 heterocycles. The molecule has 0 aliphatic carbocycles. The van der Waals surface area contributed by atoms with Crippen molar-refractivity contribution in [3.63, 3.8) is 0 Å². The Morgan fingerprint density at radius 3 is 2.88 bits per heavy atom. The summed E-state index contributed by atoms with van der Waals surface area (Å²) in [4.78, 5) is 40.7. The molecular weight excluding hydrogens is 424 g/mol. The number of hydrogen-bond donors (Lipinski definition) is 3. The van der Waals surface area contributed by atoms with Gasteiger partial charge in [0.1, 0.15) is 11.9 Å². The predicted octanol–water partition coefficient (Wildman–Crippen LogP) is 1.37. The van der Waals surface area contributed by atoms with Crippen molar-refractivity contribution in [3.05, 3.63) is 36.0 Å². The average Bonchev–Trinajstić information content (AvgIpc) is 3.11. The Hall–Kier alpha value is -3.34. The third-order valence-corrected chi connectivity index (χ3v) is 5.04. The van der Waals surface area contributed by atoms with Gasteiger partial charge in [-0.15, -0.1) is 0 Å². The van der Waals surface area contributed by atoms with Crippen LogP contribution in [0.25, 0.3) is 10.9 Å². The van der Waals surface area contributed by atoms with Crippen molar-refractivity contribution in [2.45, 2.75) is 31.6 Å². The molecule has 1 saturated heterocycles. The highest BCUT2D eigenvalue weighted by atomic mass is 19.1. The highest BCUT2D eigenvalue weighted by Gasteiger charge is 2.32. The number of nitrogens with two attached hydrogens (primary N) is 1. The molecule has 1 aromatic carbocycles. The number of nitrogens with one attached hydrogen (secondary N) is 2. The fourth-order valence-corrected chi connectivity index (χ4v) is 3.44. The van der Waals surface area contributed by atoms with Crippen LogP contribution in [0, 0.1) is 0 Å². The van der Waals surface area contributed by atoms with Crippen LogP contribution < -0.4 is 21.1 Å². The van der Waals surface area contributed by atoms with E-state index < -0.39 is 24.2 Å². The van der Waals surface area contributed by atoms with Crippen LogP contribution in [0.15, 0.2) is 30.5 Å². The Bertz CT molecular complexity index is 957. The molecule has 1 aliphatic rings. The van der Waals surface area contributed by atoms with Gasteiger partial charge >= 0.3 is 0 Å². The van der Waals surface area contributed by atoms with E-state index in [0.717, 1.165) is 12.8 Å². The Kier molecular flexibility index (Phi) is 9.26. The number of amides is 3. The molecular formula is C21H31F2N5O4. The number of pyridine rings is 1. The minimum atomic E-state index is -1.14. The number of benzene rings is 1. The number of aromatic nitrogens is 1. The number of hydrogen-bond acceptors (Lipinski definition) is 6. The lowest BCUT2D eigenvalue weighted by molar-refractivity contribution is -0.131. The summed E-state index contributed by atoms with van der Waals surface area (Å²) >= 11 is 0. The number of alkyl halides is 1. The fraction of sp³-hybridized carbons (Fsp3) is 0.429. The Labute approximate surface area is 186 Å². The summed E-state index contributed by atoms with van der Waals surface area (Å²) in [6.07, 6.45) is 2.02. The van der Waals surface area contributed by atoms with Gasteiger partial charge in [-0.1, -0.05) is 0 Å². The number of carbonyl (C=O) groups is 3. The molecule has 11 heteroatoms. The molecule has 0 bridgehead atoms. The van der Waals surface area contributed by atoms with Gasteiger partial charge in [0.25, 0.3) is 5.91 Å². The first kappa shape index (κ1) is 24.9. The molecule has 9 nitrogen and oxygen atoms in total. The average molecular weight is 456 g/mol. The number of nitrogens with zero attached hydrogens (tertiary/aromatic N) is 2. The minimum absolute atomic E-state index is 0. The summed E-state index contributed by atoms with van der Waals surface area (Å²) in [7, 11) is 0. The molecule has 1 fully saturated rings. The van der Waals surface area contributed by atoms with E-state index in [9.17, 15) is 18.8 Å². The Morgan fingerprint density at radius 1 is 1.34 bits per heavy atom. The van der Waals surface area contributed by atoms with E-state index in [4.69, 9.17) is 10.5 Å². The van der Waals surface area contributed by atoms with Crippen molar-refractivity contribution in [1.82, 2.24) is 20.5 Å².